The van der Waals surface area contributed by atoms with Crippen molar-refractivity contribution in [3.63, 3.8) is 0 Å². The van der Waals surface area contributed by atoms with E-state index in [-0.39, 0.29) is 5.43 Å². The van der Waals surface area contributed by atoms with Crippen LogP contribution in [0.15, 0.2) is 53.3 Å². The van der Waals surface area contributed by atoms with E-state index >= 15 is 0 Å². The lowest BCUT2D eigenvalue weighted by Gasteiger charge is -2.29. The minimum Gasteiger partial charge on any atom is -0.495 e. The number of hydrogen-bond donors (Lipinski definition) is 0. The molecule has 3 aromatic carbocycles. The maximum absolute atomic E-state index is 13.5. The molecule has 0 unspecified atom stereocenters. The fourth-order valence-corrected chi connectivity index (χ4v) is 4.13. The Labute approximate surface area is 162 Å². The lowest BCUT2D eigenvalue weighted by Crippen LogP contribution is -2.28. The third-order valence-corrected chi connectivity index (χ3v) is 5.55. The first kappa shape index (κ1) is 16.9. The lowest BCUT2D eigenvalue weighted by molar-refractivity contribution is 0.158. The zero-order chi connectivity index (χ0) is 19.6. The molecule has 0 fully saturated rings. The van der Waals surface area contributed by atoms with Crippen molar-refractivity contribution in [2.75, 3.05) is 7.11 Å². The molecule has 0 saturated carbocycles. The summed E-state index contributed by atoms with van der Waals surface area (Å²) >= 11 is 0. The van der Waals surface area contributed by atoms with Gasteiger partial charge in [-0.2, -0.15) is 0 Å². The highest BCUT2D eigenvalue weighted by Gasteiger charge is 2.27. The number of fused-ring (bicyclic) bond motifs is 4. The number of pyridine rings is 1. The first-order valence-electron chi connectivity index (χ1n) is 9.34. The Kier molecular flexibility index (Phi) is 3.38. The molecule has 0 bridgehead atoms. The standard InChI is InChI=1S/C24H21NO3/c1-24(2)10-9-16-20(28-24)13-19-21(23(16)27-4)22(26)17-11-14-7-5-6-8-15(14)12-18(17)25(19)3/h5-13H,1-4H3. The molecule has 0 amide bonds. The van der Waals surface area contributed by atoms with Crippen LogP contribution in [0.5, 0.6) is 11.5 Å². The van der Waals surface area contributed by atoms with E-state index < -0.39 is 5.60 Å². The molecule has 4 nitrogen and oxygen atoms in total. The number of ether oxygens (including phenoxy) is 2. The van der Waals surface area contributed by atoms with Crippen LogP contribution in [-0.2, 0) is 7.05 Å². The van der Waals surface area contributed by atoms with Gasteiger partial charge in [0.15, 0.2) is 0 Å². The van der Waals surface area contributed by atoms with Gasteiger partial charge in [0.25, 0.3) is 0 Å². The highest BCUT2D eigenvalue weighted by atomic mass is 16.5. The summed E-state index contributed by atoms with van der Waals surface area (Å²) in [4.78, 5) is 13.5. The fourth-order valence-electron chi connectivity index (χ4n) is 4.13. The summed E-state index contributed by atoms with van der Waals surface area (Å²) in [6, 6.07) is 14.1. The van der Waals surface area contributed by atoms with Gasteiger partial charge in [0, 0.05) is 18.5 Å². The van der Waals surface area contributed by atoms with Crippen molar-refractivity contribution >= 4 is 38.7 Å². The zero-order valence-electron chi connectivity index (χ0n) is 16.4. The van der Waals surface area contributed by atoms with E-state index in [4.69, 9.17) is 9.47 Å². The Hall–Kier alpha value is -3.27. The molecule has 0 spiro atoms. The monoisotopic (exact) mass is 371 g/mol. The second-order valence-corrected chi connectivity index (χ2v) is 7.86. The van der Waals surface area contributed by atoms with Gasteiger partial charge in [-0.1, -0.05) is 24.3 Å². The molecule has 5 rings (SSSR count). The van der Waals surface area contributed by atoms with Gasteiger partial charge in [0.1, 0.15) is 17.1 Å². The van der Waals surface area contributed by atoms with Crippen molar-refractivity contribution in [1.82, 2.24) is 4.57 Å². The van der Waals surface area contributed by atoms with Crippen LogP contribution < -0.4 is 14.9 Å². The summed E-state index contributed by atoms with van der Waals surface area (Å²) in [5.41, 5.74) is 2.08. The number of aryl methyl sites for hydroxylation is 1. The van der Waals surface area contributed by atoms with Gasteiger partial charge in [0.2, 0.25) is 5.43 Å². The normalized spacial score (nSPS) is 15.0. The number of nitrogens with zero attached hydrogens (tertiary/aromatic N) is 1. The summed E-state index contributed by atoms with van der Waals surface area (Å²) in [6.07, 6.45) is 3.98. The van der Waals surface area contributed by atoms with E-state index in [9.17, 15) is 4.79 Å². The van der Waals surface area contributed by atoms with E-state index in [0.29, 0.717) is 16.5 Å². The molecule has 4 aromatic rings. The summed E-state index contributed by atoms with van der Waals surface area (Å²) in [7, 11) is 3.58. The molecule has 0 aliphatic carbocycles. The summed E-state index contributed by atoms with van der Waals surface area (Å²) in [5, 5.41) is 3.43. The van der Waals surface area contributed by atoms with Gasteiger partial charge in [-0.05, 0) is 48.9 Å². The van der Waals surface area contributed by atoms with E-state index in [2.05, 4.69) is 16.7 Å². The first-order chi connectivity index (χ1) is 13.4. The largest absolute Gasteiger partial charge is 0.495 e. The van der Waals surface area contributed by atoms with Crippen molar-refractivity contribution < 1.29 is 9.47 Å². The highest BCUT2D eigenvalue weighted by molar-refractivity contribution is 6.04. The van der Waals surface area contributed by atoms with Crippen LogP contribution in [0.25, 0.3) is 38.7 Å². The van der Waals surface area contributed by atoms with E-state index in [1.54, 1.807) is 7.11 Å². The molecule has 1 aliphatic heterocycles. The predicted molar refractivity (Wildman–Crippen MR) is 114 cm³/mol. The van der Waals surface area contributed by atoms with Crippen molar-refractivity contribution in [1.29, 1.82) is 0 Å². The molecule has 2 heterocycles. The molecule has 1 aliphatic rings. The average molecular weight is 371 g/mol. The minimum absolute atomic E-state index is 0.0215. The van der Waals surface area contributed by atoms with Crippen molar-refractivity contribution in [3.8, 4) is 11.5 Å². The molecule has 140 valence electrons. The lowest BCUT2D eigenvalue weighted by atomic mass is 9.98. The Balaban J connectivity index is 1.99. The van der Waals surface area contributed by atoms with Crippen molar-refractivity contribution in [2.45, 2.75) is 19.4 Å². The molecule has 1 aromatic heterocycles. The summed E-state index contributed by atoms with van der Waals surface area (Å²) < 4.78 is 13.9. The Morgan fingerprint density at radius 1 is 1.04 bits per heavy atom. The third-order valence-electron chi connectivity index (χ3n) is 5.55. The molecule has 0 radical (unpaired) electrons. The molecular formula is C24H21NO3. The Bertz CT molecular complexity index is 1380. The third kappa shape index (κ3) is 2.27. The maximum Gasteiger partial charge on any atom is 0.201 e. The molecule has 0 N–H and O–H groups in total. The van der Waals surface area contributed by atoms with Crippen LogP contribution >= 0.6 is 0 Å². The van der Waals surface area contributed by atoms with Gasteiger partial charge in [-0.25, -0.2) is 0 Å². The molecule has 0 atom stereocenters. The van der Waals surface area contributed by atoms with Crippen LogP contribution in [0.3, 0.4) is 0 Å². The minimum atomic E-state index is -0.405. The first-order valence-corrected chi connectivity index (χ1v) is 9.34. The number of rotatable bonds is 1. The summed E-state index contributed by atoms with van der Waals surface area (Å²) in [6.45, 7) is 4.02. The van der Waals surface area contributed by atoms with Gasteiger partial charge < -0.3 is 14.0 Å². The molecular weight excluding hydrogens is 350 g/mol. The van der Waals surface area contributed by atoms with Crippen molar-refractivity contribution in [3.05, 3.63) is 64.3 Å². The Morgan fingerprint density at radius 3 is 2.46 bits per heavy atom. The molecule has 0 saturated heterocycles. The van der Waals surface area contributed by atoms with Crippen molar-refractivity contribution in [2.24, 2.45) is 7.05 Å². The van der Waals surface area contributed by atoms with Gasteiger partial charge in [-0.3, -0.25) is 4.79 Å². The predicted octanol–water partition coefficient (Wildman–Crippen LogP) is 5.04. The van der Waals surface area contributed by atoms with Crippen LogP contribution in [0.1, 0.15) is 19.4 Å². The second kappa shape index (κ2) is 5.61. The number of hydrogen-bond acceptors (Lipinski definition) is 3. The van der Waals surface area contributed by atoms with Gasteiger partial charge in [0.05, 0.1) is 29.1 Å². The van der Waals surface area contributed by atoms with Crippen LogP contribution in [-0.4, -0.2) is 17.3 Å². The van der Waals surface area contributed by atoms with Crippen LogP contribution in [0, 0.1) is 0 Å². The maximum atomic E-state index is 13.5. The second-order valence-electron chi connectivity index (χ2n) is 7.86. The summed E-state index contributed by atoms with van der Waals surface area (Å²) in [5.74, 6) is 1.29. The fraction of sp³-hybridized carbons (Fsp3) is 0.208. The van der Waals surface area contributed by atoms with E-state index in [0.717, 1.165) is 33.1 Å². The smallest absolute Gasteiger partial charge is 0.201 e. The number of benzene rings is 3. The number of aromatic nitrogens is 1. The van der Waals surface area contributed by atoms with Crippen LogP contribution in [0.4, 0.5) is 0 Å². The zero-order valence-corrected chi connectivity index (χ0v) is 16.4. The SMILES string of the molecule is COc1c2c(cc3c1c(=O)c1cc4ccccc4cc1n3C)OC(C)(C)C=C2. The van der Waals surface area contributed by atoms with Gasteiger partial charge >= 0.3 is 0 Å². The van der Waals surface area contributed by atoms with Gasteiger partial charge in [-0.15, -0.1) is 0 Å². The quantitative estimate of drug-likeness (QED) is 0.440. The molecule has 28 heavy (non-hydrogen) atoms. The highest BCUT2D eigenvalue weighted by Crippen LogP contribution is 2.41. The Morgan fingerprint density at radius 2 is 1.75 bits per heavy atom. The van der Waals surface area contributed by atoms with E-state index in [1.165, 1.54) is 0 Å². The van der Waals surface area contributed by atoms with Crippen LogP contribution in [0.2, 0.25) is 0 Å². The molecule has 4 heteroatoms. The average Bonchev–Trinajstić information content (AvgIpc) is 2.68. The number of methoxy groups -OCH3 is 1. The van der Waals surface area contributed by atoms with E-state index in [1.807, 2.05) is 63.4 Å². The topological polar surface area (TPSA) is 40.5 Å².